The first kappa shape index (κ1) is 17.3. The number of hydrogen-bond donors (Lipinski definition) is 2. The van der Waals surface area contributed by atoms with Gasteiger partial charge in [0.05, 0.1) is 19.0 Å². The molecule has 1 aliphatic heterocycles. The predicted octanol–water partition coefficient (Wildman–Crippen LogP) is 1.92. The topological polar surface area (TPSA) is 108 Å². The Hall–Kier alpha value is -1.48. The Bertz CT molecular complexity index is 695. The van der Waals surface area contributed by atoms with E-state index in [4.69, 9.17) is 26.8 Å². The van der Waals surface area contributed by atoms with Crippen LogP contribution in [-0.2, 0) is 9.47 Å². The molecule has 1 fully saturated rings. The molecule has 1 aliphatic rings. The molecular weight excluding hydrogens is 334 g/mol. The number of unbranched alkanes of at least 4 members (excludes halogenated alkanes) is 2. The third-order valence-corrected chi connectivity index (χ3v) is 4.34. The van der Waals surface area contributed by atoms with Crippen LogP contribution in [0.15, 0.2) is 6.33 Å². The summed E-state index contributed by atoms with van der Waals surface area (Å²) >= 11 is 5.89. The molecular formula is C15H22ClN5O3. The highest BCUT2D eigenvalue weighted by molar-refractivity contribution is 6.28. The zero-order valence-corrected chi connectivity index (χ0v) is 14.3. The Morgan fingerprint density at radius 1 is 1.46 bits per heavy atom. The van der Waals surface area contributed by atoms with Gasteiger partial charge in [0.25, 0.3) is 0 Å². The van der Waals surface area contributed by atoms with Crippen molar-refractivity contribution in [3.63, 3.8) is 0 Å². The SMILES string of the molecule is CCCCCOC1C[C@H](n2cnc3c(N)nc(Cl)nc32)O[C@@H]1CO. The summed E-state index contributed by atoms with van der Waals surface area (Å²) in [5, 5.41) is 9.62. The van der Waals surface area contributed by atoms with Gasteiger partial charge in [0.1, 0.15) is 17.8 Å². The fraction of sp³-hybridized carbons (Fsp3) is 0.667. The minimum absolute atomic E-state index is 0.0609. The lowest BCUT2D eigenvalue weighted by molar-refractivity contribution is -0.0608. The van der Waals surface area contributed by atoms with Crippen molar-refractivity contribution in [2.24, 2.45) is 0 Å². The van der Waals surface area contributed by atoms with Crippen molar-refractivity contribution in [3.05, 3.63) is 11.6 Å². The summed E-state index contributed by atoms with van der Waals surface area (Å²) in [6.07, 6.45) is 4.60. The number of imidazole rings is 1. The second kappa shape index (κ2) is 7.60. The van der Waals surface area contributed by atoms with Crippen molar-refractivity contribution in [1.29, 1.82) is 0 Å². The number of aliphatic hydroxyl groups excluding tert-OH is 1. The molecule has 24 heavy (non-hydrogen) atoms. The number of ether oxygens (including phenoxy) is 2. The fourth-order valence-electron chi connectivity index (χ4n) is 2.92. The van der Waals surface area contributed by atoms with E-state index in [0.717, 1.165) is 19.3 Å². The lowest BCUT2D eigenvalue weighted by Crippen LogP contribution is -2.28. The highest BCUT2D eigenvalue weighted by Crippen LogP contribution is 2.33. The Morgan fingerprint density at radius 2 is 2.29 bits per heavy atom. The molecule has 3 N–H and O–H groups in total. The van der Waals surface area contributed by atoms with Crippen LogP contribution in [0.2, 0.25) is 5.28 Å². The van der Waals surface area contributed by atoms with Gasteiger partial charge in [-0.1, -0.05) is 19.8 Å². The summed E-state index contributed by atoms with van der Waals surface area (Å²) < 4.78 is 13.6. The van der Waals surface area contributed by atoms with E-state index in [1.54, 1.807) is 10.9 Å². The molecule has 0 bridgehead atoms. The van der Waals surface area contributed by atoms with E-state index in [1.165, 1.54) is 0 Å². The number of nitrogens with zero attached hydrogens (tertiary/aromatic N) is 4. The second-order valence-corrected chi connectivity index (χ2v) is 6.20. The smallest absolute Gasteiger partial charge is 0.226 e. The molecule has 1 saturated heterocycles. The average Bonchev–Trinajstić information content (AvgIpc) is 3.15. The van der Waals surface area contributed by atoms with Gasteiger partial charge in [-0.3, -0.25) is 4.57 Å². The average molecular weight is 356 g/mol. The molecule has 3 atom stereocenters. The quantitative estimate of drug-likeness (QED) is 0.576. The third-order valence-electron chi connectivity index (χ3n) is 4.17. The monoisotopic (exact) mass is 355 g/mol. The number of rotatable bonds is 7. The lowest BCUT2D eigenvalue weighted by atomic mass is 10.2. The maximum Gasteiger partial charge on any atom is 0.226 e. The molecule has 2 aromatic rings. The molecule has 8 nitrogen and oxygen atoms in total. The summed E-state index contributed by atoms with van der Waals surface area (Å²) in [4.78, 5) is 12.3. The van der Waals surface area contributed by atoms with E-state index in [2.05, 4.69) is 21.9 Å². The van der Waals surface area contributed by atoms with Crippen LogP contribution in [0, 0.1) is 0 Å². The number of aromatic nitrogens is 4. The van der Waals surface area contributed by atoms with Gasteiger partial charge in [0.15, 0.2) is 11.5 Å². The van der Waals surface area contributed by atoms with Crippen molar-refractivity contribution < 1.29 is 14.6 Å². The van der Waals surface area contributed by atoms with Crippen molar-refractivity contribution in [3.8, 4) is 0 Å². The molecule has 0 amide bonds. The largest absolute Gasteiger partial charge is 0.394 e. The van der Waals surface area contributed by atoms with Crippen LogP contribution >= 0.6 is 11.6 Å². The molecule has 0 aromatic carbocycles. The number of hydrogen-bond acceptors (Lipinski definition) is 7. The number of nitrogens with two attached hydrogens (primary N) is 1. The standard InChI is InChI=1S/C15H22ClN5O3/c1-2-3-4-5-23-9-6-11(24-10(9)7-22)21-8-18-12-13(17)19-15(16)20-14(12)21/h8-11,22H,2-7H2,1H3,(H2,17,19,20)/t9?,10-,11-/m1/s1. The number of halogens is 1. The zero-order chi connectivity index (χ0) is 17.1. The van der Waals surface area contributed by atoms with Gasteiger partial charge in [-0.05, 0) is 18.0 Å². The summed E-state index contributed by atoms with van der Waals surface area (Å²) in [5.41, 5.74) is 6.82. The Morgan fingerprint density at radius 3 is 3.04 bits per heavy atom. The van der Waals surface area contributed by atoms with Crippen LogP contribution in [-0.4, -0.2) is 50.0 Å². The van der Waals surface area contributed by atoms with Gasteiger partial charge in [-0.25, -0.2) is 4.98 Å². The van der Waals surface area contributed by atoms with Crippen LogP contribution in [0.4, 0.5) is 5.82 Å². The normalized spacial score (nSPS) is 24.0. The van der Waals surface area contributed by atoms with Crippen molar-refractivity contribution >= 4 is 28.6 Å². The minimum Gasteiger partial charge on any atom is -0.394 e. The first-order valence-corrected chi connectivity index (χ1v) is 8.55. The summed E-state index contributed by atoms with van der Waals surface area (Å²) in [7, 11) is 0. The molecule has 2 aromatic heterocycles. The maximum atomic E-state index is 9.56. The Labute approximate surface area is 144 Å². The molecule has 0 spiro atoms. The first-order chi connectivity index (χ1) is 11.6. The summed E-state index contributed by atoms with van der Waals surface area (Å²) in [6.45, 7) is 2.71. The van der Waals surface area contributed by atoms with Crippen LogP contribution in [0.25, 0.3) is 11.2 Å². The van der Waals surface area contributed by atoms with Gasteiger partial charge in [0, 0.05) is 13.0 Å². The molecule has 0 aliphatic carbocycles. The van der Waals surface area contributed by atoms with Crippen LogP contribution in [0.1, 0.15) is 38.8 Å². The molecule has 0 saturated carbocycles. The molecule has 9 heteroatoms. The summed E-state index contributed by atoms with van der Waals surface area (Å²) in [6, 6.07) is 0. The van der Waals surface area contributed by atoms with Gasteiger partial charge >= 0.3 is 0 Å². The van der Waals surface area contributed by atoms with E-state index in [0.29, 0.717) is 24.2 Å². The van der Waals surface area contributed by atoms with E-state index >= 15 is 0 Å². The van der Waals surface area contributed by atoms with Gasteiger partial charge < -0.3 is 20.3 Å². The highest BCUT2D eigenvalue weighted by Gasteiger charge is 2.37. The van der Waals surface area contributed by atoms with Crippen molar-refractivity contribution in [2.75, 3.05) is 18.9 Å². The number of nitrogen functional groups attached to an aromatic ring is 1. The van der Waals surface area contributed by atoms with Crippen LogP contribution < -0.4 is 5.73 Å². The van der Waals surface area contributed by atoms with E-state index in [-0.39, 0.29) is 36.1 Å². The molecule has 0 radical (unpaired) electrons. The zero-order valence-electron chi connectivity index (χ0n) is 13.6. The van der Waals surface area contributed by atoms with Crippen LogP contribution in [0.3, 0.4) is 0 Å². The highest BCUT2D eigenvalue weighted by atomic mass is 35.5. The van der Waals surface area contributed by atoms with E-state index in [1.807, 2.05) is 0 Å². The Balaban J connectivity index is 1.76. The van der Waals surface area contributed by atoms with Gasteiger partial charge in [-0.15, -0.1) is 0 Å². The number of anilines is 1. The second-order valence-electron chi connectivity index (χ2n) is 5.87. The molecule has 132 valence electrons. The van der Waals surface area contributed by atoms with Gasteiger partial charge in [-0.2, -0.15) is 9.97 Å². The third kappa shape index (κ3) is 3.46. The van der Waals surface area contributed by atoms with Crippen molar-refractivity contribution in [1.82, 2.24) is 19.5 Å². The molecule has 1 unspecified atom stereocenters. The van der Waals surface area contributed by atoms with Crippen molar-refractivity contribution in [2.45, 2.75) is 51.0 Å². The van der Waals surface area contributed by atoms with Gasteiger partial charge in [0.2, 0.25) is 5.28 Å². The van der Waals surface area contributed by atoms with E-state index < -0.39 is 0 Å². The minimum atomic E-state index is -0.372. The lowest BCUT2D eigenvalue weighted by Gasteiger charge is -2.16. The summed E-state index contributed by atoms with van der Waals surface area (Å²) in [5.74, 6) is 0.229. The van der Waals surface area contributed by atoms with E-state index in [9.17, 15) is 5.11 Å². The Kier molecular flexibility index (Phi) is 5.50. The number of fused-ring (bicyclic) bond motifs is 1. The molecule has 3 rings (SSSR count). The number of aliphatic hydroxyl groups is 1. The fourth-order valence-corrected chi connectivity index (χ4v) is 3.09. The predicted molar refractivity (Wildman–Crippen MR) is 89.6 cm³/mol. The maximum absolute atomic E-state index is 9.56. The van der Waals surface area contributed by atoms with Crippen LogP contribution in [0.5, 0.6) is 0 Å². The molecule has 3 heterocycles. The first-order valence-electron chi connectivity index (χ1n) is 8.17.